The Hall–Kier alpha value is -0.820. The standard InChI is InChI=1S/C11H14N/c1-2-4-6-11-9-12-8-7-10(11)5-3-1/h1-6,8,10-12H,7,9H2/b2-1-,5-3-,6-4-. The smallest absolute Gasteiger partial charge is 0.0227 e. The molecule has 0 aromatic carbocycles. The lowest BCUT2D eigenvalue weighted by molar-refractivity contribution is 0.392. The van der Waals surface area contributed by atoms with Crippen molar-refractivity contribution >= 4 is 0 Å². The van der Waals surface area contributed by atoms with Gasteiger partial charge in [0, 0.05) is 13.1 Å². The van der Waals surface area contributed by atoms with Crippen molar-refractivity contribution in [3.05, 3.63) is 43.0 Å². The minimum atomic E-state index is 0.677. The van der Waals surface area contributed by atoms with Gasteiger partial charge < -0.3 is 5.32 Å². The second kappa shape index (κ2) is 3.72. The minimum Gasteiger partial charge on any atom is -0.312 e. The number of fused-ring (bicyclic) bond motifs is 1. The molecule has 1 heteroatoms. The summed E-state index contributed by atoms with van der Waals surface area (Å²) in [7, 11) is 0. The molecule has 2 atom stereocenters. The monoisotopic (exact) mass is 160 g/mol. The maximum absolute atomic E-state index is 3.30. The zero-order valence-electron chi connectivity index (χ0n) is 7.11. The van der Waals surface area contributed by atoms with Crippen molar-refractivity contribution in [3.8, 4) is 0 Å². The van der Waals surface area contributed by atoms with Gasteiger partial charge in [-0.3, -0.25) is 0 Å². The molecule has 2 aliphatic rings. The van der Waals surface area contributed by atoms with E-state index in [0.29, 0.717) is 11.8 Å². The van der Waals surface area contributed by atoms with Crippen LogP contribution in [0.3, 0.4) is 0 Å². The molecule has 1 aliphatic heterocycles. The number of hydrogen-bond donors (Lipinski definition) is 1. The normalized spacial score (nSPS) is 42.0. The van der Waals surface area contributed by atoms with Gasteiger partial charge in [-0.15, -0.1) is 0 Å². The van der Waals surface area contributed by atoms with E-state index in [9.17, 15) is 0 Å². The fraction of sp³-hybridized carbons (Fsp3) is 0.364. The van der Waals surface area contributed by atoms with Gasteiger partial charge in [-0.05, 0) is 18.3 Å². The maximum atomic E-state index is 3.30. The Morgan fingerprint density at radius 1 is 0.917 bits per heavy atom. The van der Waals surface area contributed by atoms with Crippen LogP contribution in [-0.2, 0) is 0 Å². The quantitative estimate of drug-likeness (QED) is 0.572. The van der Waals surface area contributed by atoms with Crippen LogP contribution in [0.5, 0.6) is 0 Å². The van der Waals surface area contributed by atoms with Crippen LogP contribution in [0.4, 0.5) is 0 Å². The Morgan fingerprint density at radius 2 is 1.67 bits per heavy atom. The molecule has 1 heterocycles. The Morgan fingerprint density at radius 3 is 2.50 bits per heavy atom. The fourth-order valence-electron chi connectivity index (χ4n) is 1.74. The molecular weight excluding hydrogens is 146 g/mol. The molecule has 1 nitrogen and oxygen atoms in total. The molecule has 12 heavy (non-hydrogen) atoms. The summed E-state index contributed by atoms with van der Waals surface area (Å²) in [6, 6.07) is 0. The molecule has 0 spiro atoms. The van der Waals surface area contributed by atoms with E-state index in [2.05, 4.69) is 48.3 Å². The van der Waals surface area contributed by atoms with Crippen LogP contribution in [0.1, 0.15) is 6.42 Å². The third-order valence-corrected chi connectivity index (χ3v) is 2.49. The summed E-state index contributed by atoms with van der Waals surface area (Å²) in [4.78, 5) is 0. The molecule has 0 aromatic rings. The number of piperidine rings is 1. The van der Waals surface area contributed by atoms with E-state index in [1.54, 1.807) is 0 Å². The van der Waals surface area contributed by atoms with Gasteiger partial charge in [0.2, 0.25) is 0 Å². The molecule has 0 amide bonds. The van der Waals surface area contributed by atoms with Crippen LogP contribution in [0, 0.1) is 18.4 Å². The highest BCUT2D eigenvalue weighted by molar-refractivity contribution is 5.18. The summed E-state index contributed by atoms with van der Waals surface area (Å²) < 4.78 is 0. The first-order valence-corrected chi connectivity index (χ1v) is 4.53. The number of nitrogens with one attached hydrogen (secondary N) is 1. The lowest BCUT2D eigenvalue weighted by Crippen LogP contribution is -2.31. The molecule has 2 unspecified atom stereocenters. The van der Waals surface area contributed by atoms with Crippen LogP contribution < -0.4 is 5.32 Å². The summed E-state index contributed by atoms with van der Waals surface area (Å²) in [6.07, 6.45) is 14.2. The topological polar surface area (TPSA) is 12.0 Å². The zero-order chi connectivity index (χ0) is 8.23. The van der Waals surface area contributed by atoms with Crippen molar-refractivity contribution in [2.24, 2.45) is 11.8 Å². The fourth-order valence-corrected chi connectivity index (χ4v) is 1.74. The van der Waals surface area contributed by atoms with Crippen molar-refractivity contribution in [1.29, 1.82) is 0 Å². The second-order valence-corrected chi connectivity index (χ2v) is 3.33. The van der Waals surface area contributed by atoms with Gasteiger partial charge in [0.15, 0.2) is 0 Å². The number of rotatable bonds is 0. The SMILES string of the molecule is [CH]1CC2\C=C/C=C\C=C/C2CN1. The van der Waals surface area contributed by atoms with E-state index in [4.69, 9.17) is 0 Å². The van der Waals surface area contributed by atoms with Gasteiger partial charge in [0.05, 0.1) is 0 Å². The predicted octanol–water partition coefficient (Wildman–Crippen LogP) is 2.06. The molecule has 0 aromatic heterocycles. The highest BCUT2D eigenvalue weighted by Crippen LogP contribution is 2.24. The van der Waals surface area contributed by atoms with Gasteiger partial charge >= 0.3 is 0 Å². The first-order chi connectivity index (χ1) is 5.97. The van der Waals surface area contributed by atoms with Crippen LogP contribution >= 0.6 is 0 Å². The lowest BCUT2D eigenvalue weighted by atomic mass is 9.85. The van der Waals surface area contributed by atoms with E-state index < -0.39 is 0 Å². The predicted molar refractivity (Wildman–Crippen MR) is 51.3 cm³/mol. The highest BCUT2D eigenvalue weighted by Gasteiger charge is 2.20. The van der Waals surface area contributed by atoms with Gasteiger partial charge in [-0.2, -0.15) is 0 Å². The van der Waals surface area contributed by atoms with Crippen molar-refractivity contribution < 1.29 is 0 Å². The average molecular weight is 160 g/mol. The van der Waals surface area contributed by atoms with E-state index in [1.165, 1.54) is 0 Å². The molecular formula is C11H14N. The first-order valence-electron chi connectivity index (χ1n) is 4.53. The maximum Gasteiger partial charge on any atom is 0.0227 e. The van der Waals surface area contributed by atoms with Gasteiger partial charge in [-0.1, -0.05) is 36.5 Å². The number of allylic oxidation sites excluding steroid dienone is 5. The molecule has 1 radical (unpaired) electrons. The highest BCUT2D eigenvalue weighted by atomic mass is 14.9. The first kappa shape index (κ1) is 7.81. The molecule has 1 N–H and O–H groups in total. The van der Waals surface area contributed by atoms with Crippen LogP contribution in [-0.4, -0.2) is 6.54 Å². The summed E-state index contributed by atoms with van der Waals surface area (Å²) in [5.41, 5.74) is 0. The Labute approximate surface area is 73.9 Å². The molecule has 1 saturated heterocycles. The molecule has 2 rings (SSSR count). The zero-order valence-corrected chi connectivity index (χ0v) is 7.11. The van der Waals surface area contributed by atoms with Crippen molar-refractivity contribution in [2.75, 3.05) is 6.54 Å². The third-order valence-electron chi connectivity index (χ3n) is 2.49. The van der Waals surface area contributed by atoms with E-state index in [1.807, 2.05) is 0 Å². The van der Waals surface area contributed by atoms with E-state index in [0.717, 1.165) is 13.0 Å². The third kappa shape index (κ3) is 1.67. The summed E-state index contributed by atoms with van der Waals surface area (Å²) in [5.74, 6) is 1.38. The van der Waals surface area contributed by atoms with E-state index in [-0.39, 0.29) is 0 Å². The Balaban J connectivity index is 2.15. The van der Waals surface area contributed by atoms with Crippen molar-refractivity contribution in [2.45, 2.75) is 6.42 Å². The van der Waals surface area contributed by atoms with E-state index >= 15 is 0 Å². The second-order valence-electron chi connectivity index (χ2n) is 3.33. The summed E-state index contributed by atoms with van der Waals surface area (Å²) in [6.45, 7) is 3.25. The molecule has 1 fully saturated rings. The van der Waals surface area contributed by atoms with Crippen molar-refractivity contribution in [1.82, 2.24) is 5.32 Å². The minimum absolute atomic E-state index is 0.677. The van der Waals surface area contributed by atoms with Gasteiger partial charge in [0.25, 0.3) is 0 Å². The largest absolute Gasteiger partial charge is 0.312 e. The Kier molecular flexibility index (Phi) is 2.42. The molecule has 63 valence electrons. The number of hydrogen-bond acceptors (Lipinski definition) is 1. The average Bonchev–Trinajstić information content (AvgIpc) is 2.06. The van der Waals surface area contributed by atoms with Gasteiger partial charge in [-0.25, -0.2) is 0 Å². The molecule has 0 bridgehead atoms. The lowest BCUT2D eigenvalue weighted by Gasteiger charge is -2.27. The molecule has 0 saturated carbocycles. The summed E-state index contributed by atoms with van der Waals surface area (Å²) in [5, 5.41) is 3.30. The Bertz CT molecular complexity index is 201. The van der Waals surface area contributed by atoms with Crippen molar-refractivity contribution in [3.63, 3.8) is 0 Å². The van der Waals surface area contributed by atoms with Crippen LogP contribution in [0.15, 0.2) is 36.5 Å². The van der Waals surface area contributed by atoms with Gasteiger partial charge in [0.1, 0.15) is 0 Å². The van der Waals surface area contributed by atoms with Crippen LogP contribution in [0.25, 0.3) is 0 Å². The summed E-state index contributed by atoms with van der Waals surface area (Å²) >= 11 is 0. The molecule has 1 aliphatic carbocycles. The van der Waals surface area contributed by atoms with Crippen LogP contribution in [0.2, 0.25) is 0 Å².